The summed E-state index contributed by atoms with van der Waals surface area (Å²) >= 11 is 7.74. The lowest BCUT2D eigenvalue weighted by atomic mass is 9.87. The number of hydrogen-bond donors (Lipinski definition) is 7. The predicted molar refractivity (Wildman–Crippen MR) is 530 cm³/mol. The third-order valence-corrected chi connectivity index (χ3v) is 26.7. The van der Waals surface area contributed by atoms with Crippen molar-refractivity contribution in [3.8, 4) is 33.8 Å². The SMILES string of the molecule is Nc1ccc(N2CCCCC2)cc1-c1cc(C(=O)N[C@H]2CCCc3ccccc32)ccn1.O=C(Nc1ccc(N2CCCCC2)cc1-c1cc(C(=O)N[C@H]2CCCc3ccccc32)ccn1)c1cccc(CCl)c1.O=C(O)CCOCCOCCOCCOCCSCc1cccc(C(=O)Nc2ccc(N3CCCCC3)cc2-c2cc(C(=O)N[C@H]3CCCc4ccccc43)ccn2)c1. The molecule has 0 saturated carbocycles. The largest absolute Gasteiger partial charge is 0.481 e. The number of ether oxygens (including phenoxy) is 4. The molecule has 0 spiro atoms. The van der Waals surface area contributed by atoms with E-state index in [0.29, 0.717) is 108 Å². The molecular formula is C108H121ClN12O11S. The molecule has 0 bridgehead atoms. The lowest BCUT2D eigenvalue weighted by molar-refractivity contribution is -0.138. The van der Waals surface area contributed by atoms with E-state index in [-0.39, 0.29) is 60.7 Å². The number of nitrogens with one attached hydrogen (secondary N) is 5. The number of thioether (sulfide) groups is 1. The van der Waals surface area contributed by atoms with Gasteiger partial charge in [0.2, 0.25) is 0 Å². The molecule has 23 nitrogen and oxygen atoms in total. The van der Waals surface area contributed by atoms with Gasteiger partial charge in [-0.15, -0.1) is 11.6 Å². The number of halogens is 1. The summed E-state index contributed by atoms with van der Waals surface area (Å²) in [4.78, 5) is 98.9. The van der Waals surface area contributed by atoms with Crippen molar-refractivity contribution in [3.05, 3.63) is 303 Å². The fourth-order valence-corrected chi connectivity index (χ4v) is 19.3. The molecule has 3 fully saturated rings. The van der Waals surface area contributed by atoms with Crippen molar-refractivity contribution in [3.63, 3.8) is 0 Å². The number of hydrogen-bond acceptors (Lipinski definition) is 18. The van der Waals surface area contributed by atoms with E-state index in [9.17, 15) is 28.8 Å². The van der Waals surface area contributed by atoms with Gasteiger partial charge in [0.15, 0.2) is 0 Å². The molecule has 5 amide bonds. The molecule has 17 rings (SSSR count). The van der Waals surface area contributed by atoms with Crippen LogP contribution in [-0.4, -0.2) is 153 Å². The third kappa shape index (κ3) is 26.8. The number of carbonyl (C=O) groups excluding carboxylic acids is 5. The number of amides is 5. The number of aliphatic carboxylic acids is 1. The van der Waals surface area contributed by atoms with Gasteiger partial charge in [0.05, 0.1) is 106 Å². The minimum Gasteiger partial charge on any atom is -0.481 e. The smallest absolute Gasteiger partial charge is 0.305 e. The molecule has 0 radical (unpaired) electrons. The van der Waals surface area contributed by atoms with E-state index in [4.69, 9.17) is 46.4 Å². The Kier molecular flexibility index (Phi) is 35.1. The molecule has 0 unspecified atom stereocenters. The highest BCUT2D eigenvalue weighted by atomic mass is 35.5. The van der Waals surface area contributed by atoms with Gasteiger partial charge >= 0.3 is 5.97 Å². The van der Waals surface area contributed by atoms with Gasteiger partial charge in [-0.1, -0.05) is 97.1 Å². The highest BCUT2D eigenvalue weighted by Crippen LogP contribution is 2.40. The van der Waals surface area contributed by atoms with Crippen LogP contribution in [0.15, 0.2) is 231 Å². The van der Waals surface area contributed by atoms with Crippen LogP contribution >= 0.6 is 23.4 Å². The summed E-state index contributed by atoms with van der Waals surface area (Å²) in [6.07, 6.45) is 24.9. The van der Waals surface area contributed by atoms with Crippen LogP contribution in [0, 0.1) is 0 Å². The Bertz CT molecular complexity index is 5780. The molecule has 3 aliphatic carbocycles. The molecule has 6 aliphatic rings. The van der Waals surface area contributed by atoms with Gasteiger partial charge in [-0.2, -0.15) is 11.8 Å². The topological polar surface area (TPSA) is 294 Å². The minimum absolute atomic E-state index is 0.0127. The van der Waals surface area contributed by atoms with Gasteiger partial charge in [0.1, 0.15) is 0 Å². The number of pyridine rings is 3. The first-order valence-corrected chi connectivity index (χ1v) is 48.9. The molecule has 3 saturated heterocycles. The van der Waals surface area contributed by atoms with E-state index in [0.717, 1.165) is 179 Å². The molecule has 8 aromatic carbocycles. The van der Waals surface area contributed by atoms with Gasteiger partial charge in [-0.3, -0.25) is 43.7 Å². The van der Waals surface area contributed by atoms with Gasteiger partial charge in [-0.25, -0.2) is 0 Å². The van der Waals surface area contributed by atoms with Crippen LogP contribution in [0.3, 0.4) is 0 Å². The summed E-state index contributed by atoms with van der Waals surface area (Å²) in [5.41, 5.74) is 28.3. The van der Waals surface area contributed by atoms with Gasteiger partial charge in [-0.05, 0) is 275 Å². The number of carbonyl (C=O) groups is 6. The Morgan fingerprint density at radius 1 is 0.376 bits per heavy atom. The van der Waals surface area contributed by atoms with Crippen molar-refractivity contribution in [1.29, 1.82) is 0 Å². The number of aryl methyl sites for hydroxylation is 3. The van der Waals surface area contributed by atoms with E-state index in [1.165, 1.54) is 71.2 Å². The van der Waals surface area contributed by atoms with Crippen molar-refractivity contribution in [2.24, 2.45) is 0 Å². The quantitative estimate of drug-likeness (QED) is 0.0112. The summed E-state index contributed by atoms with van der Waals surface area (Å²) < 4.78 is 21.8. The number of fused-ring (bicyclic) bond motifs is 3. The van der Waals surface area contributed by atoms with Crippen molar-refractivity contribution in [2.45, 2.75) is 152 Å². The second kappa shape index (κ2) is 48.9. The normalized spacial score (nSPS) is 16.2. The molecular weight excluding hydrogens is 1710 g/mol. The summed E-state index contributed by atoms with van der Waals surface area (Å²) in [5.74, 6) is 0.212. The van der Waals surface area contributed by atoms with Crippen LogP contribution in [0.4, 0.5) is 34.1 Å². The summed E-state index contributed by atoms with van der Waals surface area (Å²) in [7, 11) is 0. The monoisotopic (exact) mass is 1830 g/mol. The standard InChI is InChI=1S/C46H56N4O8S.C35H35ClN4O2.C27H30N4O/c51-44(52)17-21-55-22-23-56-24-25-57-26-27-58-28-29-59-33-34-8-6-11-36(30-34)45(53)49-42-15-14-38(50-19-4-1-5-20-50)32-40(42)43-31-37(16-18-47-43)46(54)48-41-13-7-10-35-9-2-3-12-39(35)41;36-23-24-8-6-11-26(20-24)34(41)39-32-15-14-28(40-18-4-1-5-19-40)22-30(32)33-21-27(16-17-37-33)35(42)38-31-13-7-10-25-9-2-3-12-29(25)31;28-24-12-11-21(31-15-4-1-5-16-31)18-23(24)26-17-20(13-14-29-26)27(32)30-25-10-6-8-19-7-2-3-9-22(19)25/h2-3,6,8-9,11-12,14-16,18,30-32,41H,1,4-5,7,10,13,17,19-29,33H2,(H,48,54)(H,49,53)(H,51,52);2-3,6,8-9,11-12,14-17,20-22,31H,1,4-5,7,10,13,18-19,23H2,(H,38,42)(H,39,41);2-3,7,9,11-14,17-18,25H,1,4-6,8,10,15-16,28H2,(H,30,32)/t41-;31-;25-/m000/s1. The van der Waals surface area contributed by atoms with E-state index in [2.05, 4.69) is 142 Å². The summed E-state index contributed by atoms with van der Waals surface area (Å²) in [6.45, 7) is 9.43. The lowest BCUT2D eigenvalue weighted by Crippen LogP contribution is -2.31. The van der Waals surface area contributed by atoms with Crippen molar-refractivity contribution < 1.29 is 52.8 Å². The first-order chi connectivity index (χ1) is 65.2. The Morgan fingerprint density at radius 3 is 1.15 bits per heavy atom. The van der Waals surface area contributed by atoms with Crippen LogP contribution in [0.25, 0.3) is 33.8 Å². The molecule has 11 aromatic rings. The number of anilines is 6. The summed E-state index contributed by atoms with van der Waals surface area (Å²) in [5, 5.41) is 24.6. The van der Waals surface area contributed by atoms with Crippen LogP contribution in [0.1, 0.15) is 217 Å². The Balaban J connectivity index is 0.000000160. The Hall–Kier alpha value is -12.3. The molecule has 133 heavy (non-hydrogen) atoms. The second-order valence-electron chi connectivity index (χ2n) is 34.6. The number of carboxylic acid groups (broad SMARTS) is 1. The number of carboxylic acids is 1. The number of nitrogens with two attached hydrogens (primary N) is 1. The number of piperidine rings is 3. The number of benzene rings is 8. The number of aromatic nitrogens is 3. The van der Waals surface area contributed by atoms with Crippen molar-refractivity contribution in [1.82, 2.24) is 30.9 Å². The number of rotatable bonds is 34. The fourth-order valence-electron chi connectivity index (χ4n) is 18.3. The molecule has 6 heterocycles. The van der Waals surface area contributed by atoms with Crippen LogP contribution < -0.4 is 47.0 Å². The Morgan fingerprint density at radius 2 is 0.737 bits per heavy atom. The highest BCUT2D eigenvalue weighted by molar-refractivity contribution is 7.98. The Labute approximate surface area is 789 Å². The van der Waals surface area contributed by atoms with E-state index in [1.54, 1.807) is 60.7 Å². The first kappa shape index (κ1) is 95.3. The zero-order valence-corrected chi connectivity index (χ0v) is 77.3. The molecule has 3 atom stereocenters. The maximum Gasteiger partial charge on any atom is 0.305 e. The maximum atomic E-state index is 13.8. The first-order valence-electron chi connectivity index (χ1n) is 47.2. The third-order valence-electron chi connectivity index (χ3n) is 25.4. The molecule has 3 aliphatic heterocycles. The minimum atomic E-state index is -0.879. The van der Waals surface area contributed by atoms with Crippen LogP contribution in [-0.2, 0) is 54.6 Å². The maximum absolute atomic E-state index is 13.8. The number of alkyl halides is 1. The fraction of sp³-hybridized carbons (Fsp3) is 0.361. The molecule has 8 N–H and O–H groups in total. The van der Waals surface area contributed by atoms with E-state index in [1.807, 2.05) is 91.0 Å². The van der Waals surface area contributed by atoms with E-state index < -0.39 is 5.97 Å². The molecule has 3 aromatic heterocycles. The van der Waals surface area contributed by atoms with Crippen LogP contribution in [0.2, 0.25) is 0 Å². The zero-order valence-electron chi connectivity index (χ0n) is 75.7. The zero-order chi connectivity index (χ0) is 91.9. The second-order valence-corrected chi connectivity index (χ2v) is 36.0. The predicted octanol–water partition coefficient (Wildman–Crippen LogP) is 20.2. The lowest BCUT2D eigenvalue weighted by Gasteiger charge is -2.29. The van der Waals surface area contributed by atoms with Gasteiger partial charge in [0.25, 0.3) is 29.5 Å². The van der Waals surface area contributed by atoms with Gasteiger partial charge < -0.3 is 71.1 Å². The van der Waals surface area contributed by atoms with Gasteiger partial charge in [0, 0.05) is 143 Å². The van der Waals surface area contributed by atoms with E-state index >= 15 is 0 Å². The molecule has 692 valence electrons. The van der Waals surface area contributed by atoms with Crippen molar-refractivity contribution in [2.75, 3.05) is 129 Å². The average Bonchev–Trinajstić information content (AvgIpc) is 0.795. The average molecular weight is 1830 g/mol. The van der Waals surface area contributed by atoms with Crippen molar-refractivity contribution >= 4 is 93.0 Å². The summed E-state index contributed by atoms with van der Waals surface area (Å²) in [6, 6.07) is 69.2. The number of nitrogens with zero attached hydrogens (tertiary/aromatic N) is 6. The number of nitrogen functional groups attached to an aromatic ring is 1. The van der Waals surface area contributed by atoms with Crippen LogP contribution in [0.5, 0.6) is 0 Å². The molecule has 25 heteroatoms. The highest BCUT2D eigenvalue weighted by Gasteiger charge is 2.29.